The van der Waals surface area contributed by atoms with E-state index in [2.05, 4.69) is 4.90 Å². The molecule has 0 unspecified atom stereocenters. The molecule has 23 heavy (non-hydrogen) atoms. The monoisotopic (exact) mass is 317 g/mol. The van der Waals surface area contributed by atoms with Gasteiger partial charge in [-0.25, -0.2) is 0 Å². The standard InChI is InChI=1S/C17H23N3O3/c21-15-6-2-1-5-14(15)17(23)20-11-9-18(10-12-20)13-16(22)19-7-3-4-8-19/h1-2,5-6,21H,3-4,7-13H2. The summed E-state index contributed by atoms with van der Waals surface area (Å²) in [6, 6.07) is 6.62. The molecular formula is C17H23N3O3. The van der Waals surface area contributed by atoms with Gasteiger partial charge in [0.15, 0.2) is 0 Å². The smallest absolute Gasteiger partial charge is 0.257 e. The average molecular weight is 317 g/mol. The van der Waals surface area contributed by atoms with Gasteiger partial charge < -0.3 is 14.9 Å². The molecule has 0 radical (unpaired) electrons. The molecule has 124 valence electrons. The molecular weight excluding hydrogens is 294 g/mol. The van der Waals surface area contributed by atoms with E-state index in [9.17, 15) is 14.7 Å². The number of hydrogen-bond donors (Lipinski definition) is 1. The van der Waals surface area contributed by atoms with E-state index in [4.69, 9.17) is 0 Å². The molecule has 2 aliphatic heterocycles. The van der Waals surface area contributed by atoms with E-state index in [-0.39, 0.29) is 17.6 Å². The van der Waals surface area contributed by atoms with Crippen molar-refractivity contribution in [2.75, 3.05) is 45.8 Å². The van der Waals surface area contributed by atoms with Crippen molar-refractivity contribution < 1.29 is 14.7 Å². The number of likely N-dealkylation sites (tertiary alicyclic amines) is 1. The van der Waals surface area contributed by atoms with Crippen LogP contribution in [0.1, 0.15) is 23.2 Å². The Morgan fingerprint density at radius 3 is 2.22 bits per heavy atom. The highest BCUT2D eigenvalue weighted by atomic mass is 16.3. The van der Waals surface area contributed by atoms with E-state index < -0.39 is 0 Å². The maximum atomic E-state index is 12.4. The van der Waals surface area contributed by atoms with Crippen molar-refractivity contribution >= 4 is 11.8 Å². The first-order valence-electron chi connectivity index (χ1n) is 8.22. The first-order chi connectivity index (χ1) is 11.1. The fraction of sp³-hybridized carbons (Fsp3) is 0.529. The van der Waals surface area contributed by atoms with Crippen molar-refractivity contribution in [3.8, 4) is 5.75 Å². The summed E-state index contributed by atoms with van der Waals surface area (Å²) < 4.78 is 0. The van der Waals surface area contributed by atoms with Gasteiger partial charge in [0.2, 0.25) is 5.91 Å². The van der Waals surface area contributed by atoms with Crippen molar-refractivity contribution in [3.05, 3.63) is 29.8 Å². The molecule has 1 aromatic rings. The summed E-state index contributed by atoms with van der Waals surface area (Å²) in [5, 5.41) is 9.80. The van der Waals surface area contributed by atoms with E-state index in [1.54, 1.807) is 23.1 Å². The Labute approximate surface area is 136 Å². The maximum absolute atomic E-state index is 12.4. The number of phenolic OH excluding ortho intramolecular Hbond substituents is 1. The molecule has 0 bridgehead atoms. The minimum atomic E-state index is -0.145. The molecule has 1 aromatic carbocycles. The Kier molecular flexibility index (Phi) is 4.81. The van der Waals surface area contributed by atoms with Crippen LogP contribution in [0.15, 0.2) is 24.3 Å². The predicted octanol–water partition coefficient (Wildman–Crippen LogP) is 0.772. The SMILES string of the molecule is O=C(CN1CCN(C(=O)c2ccccc2O)CC1)N1CCCC1. The lowest BCUT2D eigenvalue weighted by Gasteiger charge is -2.35. The minimum absolute atomic E-state index is 0.0177. The number of carbonyl (C=O) groups excluding carboxylic acids is 2. The molecule has 6 nitrogen and oxygen atoms in total. The Morgan fingerprint density at radius 2 is 1.57 bits per heavy atom. The lowest BCUT2D eigenvalue weighted by atomic mass is 10.1. The summed E-state index contributed by atoms with van der Waals surface area (Å²) in [6.07, 6.45) is 2.21. The van der Waals surface area contributed by atoms with Crippen LogP contribution in [0.25, 0.3) is 0 Å². The van der Waals surface area contributed by atoms with Gasteiger partial charge in [-0.15, -0.1) is 0 Å². The molecule has 0 aromatic heterocycles. The van der Waals surface area contributed by atoms with Crippen LogP contribution in [0.3, 0.4) is 0 Å². The first-order valence-corrected chi connectivity index (χ1v) is 8.22. The zero-order valence-corrected chi connectivity index (χ0v) is 13.3. The second kappa shape index (κ2) is 7.00. The molecule has 1 N–H and O–H groups in total. The number of para-hydroxylation sites is 1. The maximum Gasteiger partial charge on any atom is 0.257 e. The lowest BCUT2D eigenvalue weighted by molar-refractivity contribution is -0.131. The fourth-order valence-electron chi connectivity index (χ4n) is 3.19. The fourth-order valence-corrected chi connectivity index (χ4v) is 3.19. The van der Waals surface area contributed by atoms with Gasteiger partial charge >= 0.3 is 0 Å². The quantitative estimate of drug-likeness (QED) is 0.894. The van der Waals surface area contributed by atoms with Gasteiger partial charge in [-0.3, -0.25) is 14.5 Å². The van der Waals surface area contributed by atoms with Crippen LogP contribution >= 0.6 is 0 Å². The van der Waals surface area contributed by atoms with E-state index in [0.717, 1.165) is 25.9 Å². The third-order valence-electron chi connectivity index (χ3n) is 4.61. The van der Waals surface area contributed by atoms with E-state index >= 15 is 0 Å². The van der Waals surface area contributed by atoms with Crippen LogP contribution < -0.4 is 0 Å². The summed E-state index contributed by atoms with van der Waals surface area (Å²) in [7, 11) is 0. The zero-order valence-electron chi connectivity index (χ0n) is 13.3. The number of amides is 2. The Balaban J connectivity index is 1.51. The minimum Gasteiger partial charge on any atom is -0.507 e. The Bertz CT molecular complexity index is 576. The third-order valence-corrected chi connectivity index (χ3v) is 4.61. The summed E-state index contributed by atoms with van der Waals surface area (Å²) in [5.74, 6) is 0.0701. The molecule has 2 amide bonds. The lowest BCUT2D eigenvalue weighted by Crippen LogP contribution is -2.51. The predicted molar refractivity (Wildman–Crippen MR) is 86.3 cm³/mol. The van der Waals surface area contributed by atoms with Gasteiger partial charge in [0, 0.05) is 39.3 Å². The second-order valence-corrected chi connectivity index (χ2v) is 6.17. The molecule has 2 saturated heterocycles. The number of rotatable bonds is 3. The first kappa shape index (κ1) is 15.8. The van der Waals surface area contributed by atoms with Crippen LogP contribution in [0.5, 0.6) is 5.75 Å². The Hall–Kier alpha value is -2.08. The molecule has 0 aliphatic carbocycles. The molecule has 0 atom stereocenters. The van der Waals surface area contributed by atoms with Crippen molar-refractivity contribution in [1.82, 2.24) is 14.7 Å². The second-order valence-electron chi connectivity index (χ2n) is 6.17. The third kappa shape index (κ3) is 3.64. The van der Waals surface area contributed by atoms with E-state index in [1.165, 1.54) is 6.07 Å². The largest absolute Gasteiger partial charge is 0.507 e. The number of piperazine rings is 1. The number of hydrogen-bond acceptors (Lipinski definition) is 4. The number of benzene rings is 1. The molecule has 6 heteroatoms. The summed E-state index contributed by atoms with van der Waals surface area (Å²) in [4.78, 5) is 30.4. The zero-order chi connectivity index (χ0) is 16.2. The van der Waals surface area contributed by atoms with Crippen molar-refractivity contribution in [2.24, 2.45) is 0 Å². The van der Waals surface area contributed by atoms with Crippen LogP contribution in [0, 0.1) is 0 Å². The van der Waals surface area contributed by atoms with Crippen molar-refractivity contribution in [2.45, 2.75) is 12.8 Å². The molecule has 0 spiro atoms. The van der Waals surface area contributed by atoms with E-state index in [1.807, 2.05) is 4.90 Å². The number of phenols is 1. The number of carbonyl (C=O) groups is 2. The van der Waals surface area contributed by atoms with Crippen LogP contribution in [0.2, 0.25) is 0 Å². The summed E-state index contributed by atoms with van der Waals surface area (Å²) in [6.45, 7) is 4.76. The van der Waals surface area contributed by atoms with Crippen LogP contribution in [-0.2, 0) is 4.79 Å². The Morgan fingerprint density at radius 1 is 0.913 bits per heavy atom. The van der Waals surface area contributed by atoms with Gasteiger partial charge in [0.25, 0.3) is 5.91 Å². The molecule has 2 fully saturated rings. The topological polar surface area (TPSA) is 64.1 Å². The molecule has 0 saturated carbocycles. The molecule has 3 rings (SSSR count). The van der Waals surface area contributed by atoms with Crippen LogP contribution in [-0.4, -0.2) is 77.4 Å². The van der Waals surface area contributed by atoms with Crippen LogP contribution in [0.4, 0.5) is 0 Å². The van der Waals surface area contributed by atoms with Gasteiger partial charge in [-0.05, 0) is 25.0 Å². The highest BCUT2D eigenvalue weighted by molar-refractivity contribution is 5.96. The number of aromatic hydroxyl groups is 1. The average Bonchev–Trinajstić information content (AvgIpc) is 3.10. The molecule has 2 heterocycles. The van der Waals surface area contributed by atoms with E-state index in [0.29, 0.717) is 38.3 Å². The van der Waals surface area contributed by atoms with Gasteiger partial charge in [-0.1, -0.05) is 12.1 Å². The normalized spacial score (nSPS) is 19.1. The summed E-state index contributed by atoms with van der Waals surface area (Å²) in [5.41, 5.74) is 0.342. The molecule has 2 aliphatic rings. The van der Waals surface area contributed by atoms with Crippen molar-refractivity contribution in [3.63, 3.8) is 0 Å². The highest BCUT2D eigenvalue weighted by Gasteiger charge is 2.26. The highest BCUT2D eigenvalue weighted by Crippen LogP contribution is 2.19. The van der Waals surface area contributed by atoms with Gasteiger partial charge in [0.05, 0.1) is 12.1 Å². The van der Waals surface area contributed by atoms with Gasteiger partial charge in [0.1, 0.15) is 5.75 Å². The summed E-state index contributed by atoms with van der Waals surface area (Å²) >= 11 is 0. The van der Waals surface area contributed by atoms with Crippen molar-refractivity contribution in [1.29, 1.82) is 0 Å². The van der Waals surface area contributed by atoms with Gasteiger partial charge in [-0.2, -0.15) is 0 Å². The number of nitrogens with zero attached hydrogens (tertiary/aromatic N) is 3.